The normalized spacial score (nSPS) is 34.4. The van der Waals surface area contributed by atoms with Crippen LogP contribution in [-0.4, -0.2) is 70.5 Å². The number of epoxide rings is 1. The molecule has 2 heterocycles. The smallest absolute Gasteiger partial charge is 0.404 e. The lowest BCUT2D eigenvalue weighted by atomic mass is 9.88. The molecule has 2 rings (SSSR count). The molecule has 1 fully saturated rings. The SMILES string of the molecule is CCC(O)C(C)C1OC1CC(C)/C=C/C=C(\C)C1OC(=O)CC(OC(N)=O)CCC(C)(O)C(OC(C)=O)/C=C/C1C. The second-order valence-electron chi connectivity index (χ2n) is 11.8. The van der Waals surface area contributed by atoms with Crippen LogP contribution in [0.15, 0.2) is 36.0 Å². The summed E-state index contributed by atoms with van der Waals surface area (Å²) in [5, 5.41) is 21.2. The van der Waals surface area contributed by atoms with Crippen LogP contribution in [0.25, 0.3) is 0 Å². The Bertz CT molecular complexity index is 988. The quantitative estimate of drug-likeness (QED) is 0.114. The first-order valence-corrected chi connectivity index (χ1v) is 14.6. The van der Waals surface area contributed by atoms with Gasteiger partial charge in [0.15, 0.2) is 0 Å². The Morgan fingerprint density at radius 3 is 2.54 bits per heavy atom. The number of aliphatic hydroxyl groups excluding tert-OH is 1. The van der Waals surface area contributed by atoms with Crippen LogP contribution >= 0.6 is 0 Å². The van der Waals surface area contributed by atoms with Gasteiger partial charge in [-0.1, -0.05) is 52.0 Å². The minimum Gasteiger partial charge on any atom is -0.457 e. The number of hydrogen-bond acceptors (Lipinski definition) is 9. The lowest BCUT2D eigenvalue weighted by Gasteiger charge is -2.33. The zero-order valence-corrected chi connectivity index (χ0v) is 25.4. The molecule has 10 heteroatoms. The van der Waals surface area contributed by atoms with Crippen molar-refractivity contribution >= 4 is 18.0 Å². The average molecular weight is 580 g/mol. The van der Waals surface area contributed by atoms with E-state index in [1.54, 1.807) is 12.2 Å². The fourth-order valence-corrected chi connectivity index (χ4v) is 5.22. The maximum absolute atomic E-state index is 12.9. The van der Waals surface area contributed by atoms with Gasteiger partial charge < -0.3 is 34.9 Å². The third-order valence-electron chi connectivity index (χ3n) is 7.90. The van der Waals surface area contributed by atoms with Crippen molar-refractivity contribution in [3.8, 4) is 0 Å². The van der Waals surface area contributed by atoms with Crippen LogP contribution in [0.4, 0.5) is 4.79 Å². The van der Waals surface area contributed by atoms with Crippen LogP contribution in [0.2, 0.25) is 0 Å². The van der Waals surface area contributed by atoms with Crippen LogP contribution in [0, 0.1) is 17.8 Å². The van der Waals surface area contributed by atoms with Crippen molar-refractivity contribution < 1.29 is 43.5 Å². The summed E-state index contributed by atoms with van der Waals surface area (Å²) in [7, 11) is 0. The Balaban J connectivity index is 2.20. The number of cyclic esters (lactones) is 1. The number of allylic oxidation sites excluding steroid dienone is 3. The minimum absolute atomic E-state index is 0.0744. The highest BCUT2D eigenvalue weighted by atomic mass is 16.6. The molecule has 0 saturated carbocycles. The van der Waals surface area contributed by atoms with E-state index < -0.39 is 41.9 Å². The van der Waals surface area contributed by atoms with Crippen molar-refractivity contribution in [3.63, 3.8) is 0 Å². The van der Waals surface area contributed by atoms with Crippen molar-refractivity contribution in [2.75, 3.05) is 0 Å². The summed E-state index contributed by atoms with van der Waals surface area (Å²) in [6.45, 7) is 12.6. The molecule has 1 saturated heterocycles. The van der Waals surface area contributed by atoms with Crippen molar-refractivity contribution in [2.45, 2.75) is 123 Å². The second kappa shape index (κ2) is 15.5. The molecule has 232 valence electrons. The van der Waals surface area contributed by atoms with E-state index in [9.17, 15) is 24.6 Å². The first-order valence-electron chi connectivity index (χ1n) is 14.6. The van der Waals surface area contributed by atoms with Gasteiger partial charge in [-0.3, -0.25) is 9.59 Å². The Hall–Kier alpha value is -2.69. The largest absolute Gasteiger partial charge is 0.457 e. The maximum Gasteiger partial charge on any atom is 0.404 e. The monoisotopic (exact) mass is 579 g/mol. The number of aliphatic hydroxyl groups is 2. The summed E-state index contributed by atoms with van der Waals surface area (Å²) < 4.78 is 22.2. The molecule has 2 aliphatic heterocycles. The van der Waals surface area contributed by atoms with Gasteiger partial charge in [0, 0.05) is 18.8 Å². The summed E-state index contributed by atoms with van der Waals surface area (Å²) in [4.78, 5) is 36.1. The molecule has 0 radical (unpaired) electrons. The molecule has 0 aromatic carbocycles. The van der Waals surface area contributed by atoms with E-state index in [0.29, 0.717) is 6.42 Å². The number of ether oxygens (including phenoxy) is 4. The van der Waals surface area contributed by atoms with Gasteiger partial charge in [0.2, 0.25) is 0 Å². The van der Waals surface area contributed by atoms with Crippen LogP contribution in [0.1, 0.15) is 80.6 Å². The Kier molecular flexibility index (Phi) is 13.1. The molecule has 0 spiro atoms. The zero-order chi connectivity index (χ0) is 30.9. The predicted octanol–water partition coefficient (Wildman–Crippen LogP) is 4.12. The van der Waals surface area contributed by atoms with Gasteiger partial charge in [0.25, 0.3) is 0 Å². The molecule has 10 unspecified atom stereocenters. The number of amides is 1. The van der Waals surface area contributed by atoms with Crippen molar-refractivity contribution in [1.82, 2.24) is 0 Å². The van der Waals surface area contributed by atoms with Crippen LogP contribution in [0.3, 0.4) is 0 Å². The van der Waals surface area contributed by atoms with Crippen molar-refractivity contribution in [1.29, 1.82) is 0 Å². The molecule has 0 aliphatic carbocycles. The maximum atomic E-state index is 12.9. The highest BCUT2D eigenvalue weighted by molar-refractivity contribution is 5.71. The summed E-state index contributed by atoms with van der Waals surface area (Å²) >= 11 is 0. The molecule has 1 amide bonds. The number of esters is 2. The van der Waals surface area contributed by atoms with E-state index in [0.717, 1.165) is 12.0 Å². The van der Waals surface area contributed by atoms with Gasteiger partial charge in [0.05, 0.1) is 24.7 Å². The summed E-state index contributed by atoms with van der Waals surface area (Å²) in [6.07, 6.45) is 6.99. The van der Waals surface area contributed by atoms with E-state index >= 15 is 0 Å². The number of carbonyl (C=O) groups excluding carboxylic acids is 3. The van der Waals surface area contributed by atoms with E-state index in [2.05, 4.69) is 13.0 Å². The number of hydrogen-bond donors (Lipinski definition) is 3. The highest BCUT2D eigenvalue weighted by Gasteiger charge is 2.45. The van der Waals surface area contributed by atoms with Gasteiger partial charge in [-0.15, -0.1) is 0 Å². The van der Waals surface area contributed by atoms with Gasteiger partial charge in [0.1, 0.15) is 23.9 Å². The topological polar surface area (TPSA) is 158 Å². The molecule has 0 aromatic heterocycles. The fraction of sp³-hybridized carbons (Fsp3) is 0.710. The number of carbonyl (C=O) groups is 3. The number of nitrogens with two attached hydrogens (primary N) is 1. The Labute approximate surface area is 243 Å². The van der Waals surface area contributed by atoms with E-state index in [1.807, 2.05) is 39.8 Å². The molecular weight excluding hydrogens is 530 g/mol. The van der Waals surface area contributed by atoms with Crippen LogP contribution < -0.4 is 5.73 Å². The summed E-state index contributed by atoms with van der Waals surface area (Å²) in [5.74, 6) is -1.12. The first-order chi connectivity index (χ1) is 19.1. The lowest BCUT2D eigenvalue weighted by Crippen LogP contribution is -2.42. The zero-order valence-electron chi connectivity index (χ0n) is 25.4. The van der Waals surface area contributed by atoms with Gasteiger partial charge >= 0.3 is 18.0 Å². The fourth-order valence-electron chi connectivity index (χ4n) is 5.22. The van der Waals surface area contributed by atoms with Gasteiger partial charge in [-0.25, -0.2) is 4.79 Å². The minimum atomic E-state index is -1.49. The van der Waals surface area contributed by atoms with Gasteiger partial charge in [-0.05, 0) is 57.1 Å². The Morgan fingerprint density at radius 1 is 1.24 bits per heavy atom. The third-order valence-corrected chi connectivity index (χ3v) is 7.90. The van der Waals surface area contributed by atoms with Crippen molar-refractivity contribution in [2.24, 2.45) is 23.5 Å². The third kappa shape index (κ3) is 11.2. The molecule has 4 N–H and O–H groups in total. The molecule has 41 heavy (non-hydrogen) atoms. The molecular formula is C31H49NO9. The molecule has 10 atom stereocenters. The van der Waals surface area contributed by atoms with E-state index in [4.69, 9.17) is 24.7 Å². The number of rotatable bonds is 10. The summed E-state index contributed by atoms with van der Waals surface area (Å²) in [6, 6.07) is 0. The molecule has 0 bridgehead atoms. The van der Waals surface area contributed by atoms with Crippen LogP contribution in [0.5, 0.6) is 0 Å². The predicted molar refractivity (Wildman–Crippen MR) is 153 cm³/mol. The number of primary amides is 1. The highest BCUT2D eigenvalue weighted by Crippen LogP contribution is 2.36. The average Bonchev–Trinajstić information content (AvgIpc) is 3.64. The molecule has 10 nitrogen and oxygen atoms in total. The van der Waals surface area contributed by atoms with Crippen molar-refractivity contribution in [3.05, 3.63) is 36.0 Å². The second-order valence-corrected chi connectivity index (χ2v) is 11.8. The molecule has 2 aliphatic rings. The summed E-state index contributed by atoms with van der Waals surface area (Å²) in [5.41, 5.74) is 4.50. The van der Waals surface area contributed by atoms with Crippen LogP contribution in [-0.2, 0) is 28.5 Å². The van der Waals surface area contributed by atoms with E-state index in [-0.39, 0.29) is 55.3 Å². The standard InChI is InChI=1S/C31H49NO9/c1-8-24(34)21(5)29-25(40-29)16-18(2)10-9-11-19(3)28-20(4)12-13-26(38-22(6)33)31(7,37)15-14-23(39-30(32)36)17-27(35)41-28/h9-13,18,20-21,23-26,28-29,34,37H,8,14-17H2,1-7H3,(H2,32,36)/b10-9+,13-12+,19-11+. The van der Waals surface area contributed by atoms with Gasteiger partial charge in [-0.2, -0.15) is 0 Å². The Morgan fingerprint density at radius 2 is 1.93 bits per heavy atom. The molecule has 0 aromatic rings. The first kappa shape index (κ1) is 34.5. The van der Waals surface area contributed by atoms with E-state index in [1.165, 1.54) is 13.8 Å². The lowest BCUT2D eigenvalue weighted by molar-refractivity contribution is -0.157.